The fourth-order valence-electron chi connectivity index (χ4n) is 1.92. The molecule has 1 aromatic carbocycles. The van der Waals surface area contributed by atoms with Crippen molar-refractivity contribution in [3.8, 4) is 0 Å². The van der Waals surface area contributed by atoms with E-state index in [-0.39, 0.29) is 6.54 Å². The maximum absolute atomic E-state index is 12.4. The van der Waals surface area contributed by atoms with Gasteiger partial charge in [-0.15, -0.1) is 0 Å². The largest absolute Gasteiger partial charge is 0.401 e. The van der Waals surface area contributed by atoms with Gasteiger partial charge in [0.05, 0.1) is 12.6 Å². The first-order chi connectivity index (χ1) is 8.81. The molecule has 0 amide bonds. The molecular formula is C13H19F3N2O. The lowest BCUT2D eigenvalue weighted by molar-refractivity contribution is -0.148. The average molecular weight is 276 g/mol. The van der Waals surface area contributed by atoms with E-state index in [2.05, 4.69) is 0 Å². The first-order valence-electron chi connectivity index (χ1n) is 6.14. The van der Waals surface area contributed by atoms with Gasteiger partial charge in [0.1, 0.15) is 0 Å². The van der Waals surface area contributed by atoms with Crippen LogP contribution in [0, 0.1) is 0 Å². The van der Waals surface area contributed by atoms with Crippen molar-refractivity contribution in [3.05, 3.63) is 29.8 Å². The van der Waals surface area contributed by atoms with Crippen LogP contribution >= 0.6 is 0 Å². The Balaban J connectivity index is 2.68. The highest BCUT2D eigenvalue weighted by Crippen LogP contribution is 2.21. The molecule has 0 saturated heterocycles. The number of aliphatic hydroxyl groups excluding tert-OH is 1. The highest BCUT2D eigenvalue weighted by atomic mass is 19.4. The number of alkyl halides is 3. The summed E-state index contributed by atoms with van der Waals surface area (Å²) in [5.74, 6) is 0. The van der Waals surface area contributed by atoms with E-state index in [1.165, 1.54) is 4.90 Å². The number of nitrogens with two attached hydrogens (primary N) is 1. The third-order valence-electron chi connectivity index (χ3n) is 2.67. The minimum atomic E-state index is -4.26. The van der Waals surface area contributed by atoms with E-state index >= 15 is 0 Å². The Bertz CT molecular complexity index is 396. The normalized spacial score (nSPS) is 13.8. The van der Waals surface area contributed by atoms with Crippen molar-refractivity contribution in [1.82, 2.24) is 4.90 Å². The minimum absolute atomic E-state index is 0.0587. The molecule has 0 aliphatic carbocycles. The zero-order valence-electron chi connectivity index (χ0n) is 10.8. The van der Waals surface area contributed by atoms with Crippen molar-refractivity contribution in [3.63, 3.8) is 0 Å². The molecule has 0 fully saturated rings. The minimum Gasteiger partial charge on any atom is -0.399 e. The fourth-order valence-corrected chi connectivity index (χ4v) is 1.92. The van der Waals surface area contributed by atoms with E-state index in [1.54, 1.807) is 31.2 Å². The highest BCUT2D eigenvalue weighted by molar-refractivity contribution is 5.41. The predicted octanol–water partition coefficient (Wildman–Crippen LogP) is 2.58. The molecule has 3 N–H and O–H groups in total. The lowest BCUT2D eigenvalue weighted by Crippen LogP contribution is -2.37. The molecular weight excluding hydrogens is 257 g/mol. The second-order valence-corrected chi connectivity index (χ2v) is 4.54. The van der Waals surface area contributed by atoms with Crippen LogP contribution in [0.4, 0.5) is 18.9 Å². The Hall–Kier alpha value is -1.27. The maximum Gasteiger partial charge on any atom is 0.401 e. The van der Waals surface area contributed by atoms with E-state index in [0.717, 1.165) is 0 Å². The monoisotopic (exact) mass is 276 g/mol. The van der Waals surface area contributed by atoms with Crippen molar-refractivity contribution < 1.29 is 18.3 Å². The number of nitrogens with zero attached hydrogens (tertiary/aromatic N) is 1. The first kappa shape index (κ1) is 15.8. The molecule has 0 aromatic heterocycles. The Morgan fingerprint density at radius 3 is 2.58 bits per heavy atom. The molecule has 0 heterocycles. The van der Waals surface area contributed by atoms with Crippen LogP contribution in [0.25, 0.3) is 0 Å². The van der Waals surface area contributed by atoms with Crippen LogP contribution in [0.2, 0.25) is 0 Å². The highest BCUT2D eigenvalue weighted by Gasteiger charge is 2.31. The van der Waals surface area contributed by atoms with Gasteiger partial charge in [0.2, 0.25) is 0 Å². The summed E-state index contributed by atoms with van der Waals surface area (Å²) >= 11 is 0. The molecule has 1 atom stereocenters. The van der Waals surface area contributed by atoms with Gasteiger partial charge in [-0.25, -0.2) is 0 Å². The van der Waals surface area contributed by atoms with E-state index in [0.29, 0.717) is 24.2 Å². The number of rotatable bonds is 6. The Labute approximate surface area is 110 Å². The second-order valence-electron chi connectivity index (χ2n) is 4.54. The van der Waals surface area contributed by atoms with Gasteiger partial charge in [0, 0.05) is 12.2 Å². The summed E-state index contributed by atoms with van der Waals surface area (Å²) in [5.41, 5.74) is 6.59. The lowest BCUT2D eigenvalue weighted by atomic mass is 10.1. The van der Waals surface area contributed by atoms with E-state index in [4.69, 9.17) is 5.73 Å². The van der Waals surface area contributed by atoms with E-state index in [1.807, 2.05) is 0 Å². The maximum atomic E-state index is 12.4. The number of nitrogen functional groups attached to an aromatic ring is 1. The molecule has 0 aliphatic rings. The molecule has 0 spiro atoms. The average Bonchev–Trinajstić information content (AvgIpc) is 2.27. The summed E-state index contributed by atoms with van der Waals surface area (Å²) in [4.78, 5) is 1.20. The second kappa shape index (κ2) is 6.77. The summed E-state index contributed by atoms with van der Waals surface area (Å²) in [6.45, 7) is 1.02. The third kappa shape index (κ3) is 5.94. The van der Waals surface area contributed by atoms with Gasteiger partial charge >= 0.3 is 6.18 Å². The van der Waals surface area contributed by atoms with Gasteiger partial charge in [-0.05, 0) is 30.7 Å². The predicted molar refractivity (Wildman–Crippen MR) is 68.6 cm³/mol. The molecule has 0 radical (unpaired) electrons. The molecule has 3 nitrogen and oxygen atoms in total. The van der Waals surface area contributed by atoms with Crippen molar-refractivity contribution >= 4 is 5.69 Å². The molecule has 1 unspecified atom stereocenters. The summed E-state index contributed by atoms with van der Waals surface area (Å²) < 4.78 is 37.2. The molecule has 0 aliphatic heterocycles. The Morgan fingerprint density at radius 1 is 1.37 bits per heavy atom. The fraction of sp³-hybridized carbons (Fsp3) is 0.538. The van der Waals surface area contributed by atoms with Gasteiger partial charge < -0.3 is 10.8 Å². The zero-order chi connectivity index (χ0) is 14.5. The molecule has 108 valence electrons. The zero-order valence-corrected chi connectivity index (χ0v) is 10.8. The number of aliphatic hydroxyl groups is 1. The number of halogens is 3. The van der Waals surface area contributed by atoms with Crippen molar-refractivity contribution in [2.24, 2.45) is 0 Å². The van der Waals surface area contributed by atoms with Crippen LogP contribution in [0.1, 0.15) is 25.0 Å². The summed E-state index contributed by atoms with van der Waals surface area (Å²) in [7, 11) is 0. The molecule has 6 heteroatoms. The topological polar surface area (TPSA) is 49.5 Å². The summed E-state index contributed by atoms with van der Waals surface area (Å²) in [6.07, 6.45) is -4.64. The van der Waals surface area contributed by atoms with Gasteiger partial charge in [-0.3, -0.25) is 4.90 Å². The molecule has 19 heavy (non-hydrogen) atoms. The first-order valence-corrected chi connectivity index (χ1v) is 6.14. The van der Waals surface area contributed by atoms with Crippen molar-refractivity contribution in [2.45, 2.75) is 25.6 Å². The van der Waals surface area contributed by atoms with Crippen LogP contribution in [0.5, 0.6) is 0 Å². The van der Waals surface area contributed by atoms with Gasteiger partial charge in [0.25, 0.3) is 0 Å². The molecule has 0 saturated carbocycles. The van der Waals surface area contributed by atoms with Crippen molar-refractivity contribution in [1.29, 1.82) is 0 Å². The van der Waals surface area contributed by atoms with Crippen LogP contribution in [-0.4, -0.2) is 35.8 Å². The van der Waals surface area contributed by atoms with Crippen LogP contribution in [-0.2, 0) is 0 Å². The molecule has 0 bridgehead atoms. The molecule has 1 rings (SSSR count). The lowest BCUT2D eigenvalue weighted by Gasteiger charge is -2.25. The Morgan fingerprint density at radius 2 is 2.05 bits per heavy atom. The number of hydrogen-bond acceptors (Lipinski definition) is 3. The summed E-state index contributed by atoms with van der Waals surface area (Å²) in [6, 6.07) is 6.55. The van der Waals surface area contributed by atoms with Gasteiger partial charge in [-0.2, -0.15) is 13.2 Å². The van der Waals surface area contributed by atoms with Crippen LogP contribution in [0.15, 0.2) is 24.3 Å². The van der Waals surface area contributed by atoms with Crippen LogP contribution in [0.3, 0.4) is 0 Å². The number of benzene rings is 1. The van der Waals surface area contributed by atoms with E-state index in [9.17, 15) is 18.3 Å². The third-order valence-corrected chi connectivity index (χ3v) is 2.67. The number of anilines is 1. The number of hydrogen-bond donors (Lipinski definition) is 2. The van der Waals surface area contributed by atoms with Crippen LogP contribution < -0.4 is 5.73 Å². The van der Waals surface area contributed by atoms with E-state index < -0.39 is 18.8 Å². The Kier molecular flexibility index (Phi) is 5.62. The van der Waals surface area contributed by atoms with Crippen molar-refractivity contribution in [2.75, 3.05) is 25.4 Å². The quantitative estimate of drug-likeness (QED) is 0.785. The van der Waals surface area contributed by atoms with Gasteiger partial charge in [-0.1, -0.05) is 19.1 Å². The smallest absolute Gasteiger partial charge is 0.399 e. The van der Waals surface area contributed by atoms with Gasteiger partial charge in [0.15, 0.2) is 0 Å². The molecule has 1 aromatic rings. The summed E-state index contributed by atoms with van der Waals surface area (Å²) in [5, 5.41) is 9.97. The standard InChI is InChI=1S/C13H19F3N2O/c1-2-6-18(9-13(14,15)16)8-12(19)10-4-3-5-11(17)7-10/h3-5,7,12,19H,2,6,8-9,17H2,1H3. The SMILES string of the molecule is CCCN(CC(O)c1cccc(N)c1)CC(F)(F)F.